The number of cyclic esters (lactones) is 1. The number of nitrogens with zero attached hydrogens (tertiary/aromatic N) is 6. The fourth-order valence-electron chi connectivity index (χ4n) is 9.96. The van der Waals surface area contributed by atoms with Gasteiger partial charge >= 0.3 is 5.97 Å². The fraction of sp³-hybridized carbons (Fsp3) is 0.509. The van der Waals surface area contributed by atoms with E-state index in [1.165, 1.54) is 9.91 Å². The minimum absolute atomic E-state index is 0.136. The molecule has 5 heterocycles. The summed E-state index contributed by atoms with van der Waals surface area (Å²) in [5.74, 6) is 2.83. The SMILES string of the molecule is CCn1c(-c2cnccc2COC)c2c3cc(ccc31)-c1cccc(c1)C[C@H](NC(=O)C(C(C)C)N(C)C(=O)[C@H]1CCN(C(=O)C#CCN(C)C)C1)C(=O)N1CCC[C@H](N1)C(=O)OCC(C)(C)C2. The van der Waals surface area contributed by atoms with E-state index in [4.69, 9.17) is 9.47 Å². The quantitative estimate of drug-likeness (QED) is 0.162. The molecule has 2 aromatic heterocycles. The van der Waals surface area contributed by atoms with Crippen molar-refractivity contribution >= 4 is 40.5 Å². The Bertz CT molecular complexity index is 2590. The summed E-state index contributed by atoms with van der Waals surface area (Å²) >= 11 is 0. The highest BCUT2D eigenvalue weighted by Crippen LogP contribution is 2.41. The first-order valence-electron chi connectivity index (χ1n) is 23.9. The van der Waals surface area contributed by atoms with Gasteiger partial charge in [0.2, 0.25) is 11.8 Å². The van der Waals surface area contributed by atoms with Crippen LogP contribution in [0.2, 0.25) is 0 Å². The maximum absolute atomic E-state index is 14.7. The van der Waals surface area contributed by atoms with Crippen LogP contribution in [0.1, 0.15) is 70.6 Å². The monoisotopic (exact) mass is 929 g/mol. The van der Waals surface area contributed by atoms with Gasteiger partial charge in [-0.3, -0.25) is 38.9 Å². The van der Waals surface area contributed by atoms with Gasteiger partial charge in [0.15, 0.2) is 0 Å². The number of aryl methyl sites for hydroxylation is 1. The van der Waals surface area contributed by atoms with E-state index >= 15 is 0 Å². The molecule has 0 saturated carbocycles. The van der Waals surface area contributed by atoms with E-state index in [0.29, 0.717) is 58.5 Å². The zero-order valence-electron chi connectivity index (χ0n) is 41.2. The van der Waals surface area contributed by atoms with Crippen LogP contribution in [0.3, 0.4) is 0 Å². The standard InChI is InChI=1S/C53H68N8O7/c1-10-60-45-19-18-37-28-40(45)41(48(60)42-30-54-22-20-39(42)32-67-9)29-53(4,5)33-68-52(66)43-16-12-24-61(56-43)51(65)44(27-35-14-11-15-36(37)26-35)55-49(63)47(34(2)3)58(8)50(64)38-21-25-59(31-38)46(62)17-13-23-57(6)7/h11,14-15,18-20,22,26,28,30,34,38,43-44,47,56H,10,12,16,21,23-25,27,29,31-33H2,1-9H3,(H,55,63)/t38-,43-,44-,47?/m0/s1. The Balaban J connectivity index is 1.24. The average molecular weight is 929 g/mol. The summed E-state index contributed by atoms with van der Waals surface area (Å²) in [4.78, 5) is 79.7. The van der Waals surface area contributed by atoms with Crippen LogP contribution in [0.25, 0.3) is 33.3 Å². The van der Waals surface area contributed by atoms with Gasteiger partial charge in [-0.2, -0.15) is 0 Å². The molecule has 362 valence electrons. The van der Waals surface area contributed by atoms with Crippen molar-refractivity contribution in [2.24, 2.45) is 17.3 Å². The molecule has 0 spiro atoms. The Morgan fingerprint density at radius 2 is 1.82 bits per heavy atom. The number of methoxy groups -OCH3 is 1. The molecule has 4 aromatic rings. The van der Waals surface area contributed by atoms with Gasteiger partial charge < -0.3 is 29.2 Å². The second-order valence-corrected chi connectivity index (χ2v) is 19.9. The highest BCUT2D eigenvalue weighted by molar-refractivity contribution is 5.97. The number of carbonyl (C=O) groups excluding carboxylic acids is 5. The average Bonchev–Trinajstić information content (AvgIpc) is 3.93. The molecule has 4 atom stereocenters. The highest BCUT2D eigenvalue weighted by Gasteiger charge is 2.40. The van der Waals surface area contributed by atoms with Gasteiger partial charge in [-0.25, -0.2) is 5.43 Å². The Hall–Kier alpha value is -6.08. The number of likely N-dealkylation sites (tertiary alicyclic amines) is 1. The van der Waals surface area contributed by atoms with Crippen molar-refractivity contribution in [3.8, 4) is 34.2 Å². The summed E-state index contributed by atoms with van der Waals surface area (Å²) in [6.45, 7) is 12.7. The van der Waals surface area contributed by atoms with Gasteiger partial charge in [0, 0.05) is 81.0 Å². The van der Waals surface area contributed by atoms with Crippen LogP contribution in [0, 0.1) is 29.1 Å². The molecule has 0 aliphatic carbocycles. The number of amides is 4. The van der Waals surface area contributed by atoms with E-state index in [2.05, 4.69) is 83.2 Å². The molecular weight excluding hydrogens is 861 g/mol. The van der Waals surface area contributed by atoms with E-state index in [-0.39, 0.29) is 37.3 Å². The van der Waals surface area contributed by atoms with Crippen molar-refractivity contribution in [2.45, 2.75) is 98.0 Å². The van der Waals surface area contributed by atoms with Crippen molar-refractivity contribution < 1.29 is 33.4 Å². The third-order valence-corrected chi connectivity index (χ3v) is 13.3. The lowest BCUT2D eigenvalue weighted by atomic mass is 9.84. The molecule has 0 radical (unpaired) electrons. The van der Waals surface area contributed by atoms with Crippen LogP contribution >= 0.6 is 0 Å². The van der Waals surface area contributed by atoms with Crippen LogP contribution in [-0.4, -0.2) is 138 Å². The summed E-state index contributed by atoms with van der Waals surface area (Å²) in [5.41, 5.74) is 10.7. The van der Waals surface area contributed by atoms with Crippen molar-refractivity contribution in [1.29, 1.82) is 0 Å². The number of pyridine rings is 1. The molecule has 15 nitrogen and oxygen atoms in total. The summed E-state index contributed by atoms with van der Waals surface area (Å²) in [6, 6.07) is 13.8. The normalized spacial score (nSPS) is 20.1. The molecule has 7 rings (SSSR count). The first-order valence-corrected chi connectivity index (χ1v) is 23.9. The van der Waals surface area contributed by atoms with Crippen molar-refractivity contribution in [3.05, 3.63) is 77.6 Å². The first kappa shape index (κ1) is 49.8. The molecule has 6 bridgehead atoms. The highest BCUT2D eigenvalue weighted by atomic mass is 16.5. The maximum Gasteiger partial charge on any atom is 0.324 e. The minimum atomic E-state index is -1.06. The molecule has 2 saturated heterocycles. The van der Waals surface area contributed by atoms with E-state index < -0.39 is 47.2 Å². The second-order valence-electron chi connectivity index (χ2n) is 19.9. The number of hydrogen-bond acceptors (Lipinski definition) is 10. The van der Waals surface area contributed by atoms with E-state index in [1.54, 1.807) is 25.3 Å². The Labute approximate surface area is 400 Å². The van der Waals surface area contributed by atoms with Crippen molar-refractivity contribution in [1.82, 2.24) is 40.0 Å². The number of likely N-dealkylation sites (N-methyl/N-ethyl adjacent to an activating group) is 1. The van der Waals surface area contributed by atoms with Gasteiger partial charge in [-0.15, -0.1) is 0 Å². The predicted octanol–water partition coefficient (Wildman–Crippen LogP) is 5.08. The molecule has 1 unspecified atom stereocenters. The number of esters is 1. The molecule has 2 fully saturated rings. The van der Waals surface area contributed by atoms with Crippen LogP contribution in [0.15, 0.2) is 60.9 Å². The summed E-state index contributed by atoms with van der Waals surface area (Å²) in [6.07, 6.45) is 5.89. The summed E-state index contributed by atoms with van der Waals surface area (Å²) in [5, 5.41) is 5.58. The van der Waals surface area contributed by atoms with Crippen LogP contribution in [0.4, 0.5) is 0 Å². The molecule has 2 N–H and O–H groups in total. The van der Waals surface area contributed by atoms with E-state index in [1.807, 2.05) is 57.2 Å². The number of hydrogen-bond donors (Lipinski definition) is 2. The predicted molar refractivity (Wildman–Crippen MR) is 261 cm³/mol. The smallest absolute Gasteiger partial charge is 0.324 e. The third-order valence-electron chi connectivity index (χ3n) is 13.3. The fourth-order valence-corrected chi connectivity index (χ4v) is 9.96. The molecular formula is C53H68N8O7. The molecule has 15 heteroatoms. The number of benzene rings is 2. The molecule has 3 aliphatic heterocycles. The number of fused-ring (bicyclic) bond motifs is 6. The lowest BCUT2D eigenvalue weighted by Crippen LogP contribution is -2.62. The third kappa shape index (κ3) is 11.1. The molecule has 4 amide bonds. The molecule has 3 aliphatic rings. The minimum Gasteiger partial charge on any atom is -0.464 e. The number of rotatable bonds is 10. The van der Waals surface area contributed by atoms with Gasteiger partial charge in [-0.1, -0.05) is 63.9 Å². The van der Waals surface area contributed by atoms with Crippen molar-refractivity contribution in [3.63, 3.8) is 0 Å². The number of ether oxygens (including phenoxy) is 2. The van der Waals surface area contributed by atoms with Crippen LogP contribution < -0.4 is 10.7 Å². The Kier molecular flexibility index (Phi) is 15.7. The summed E-state index contributed by atoms with van der Waals surface area (Å²) < 4.78 is 14.1. The Morgan fingerprint density at radius 1 is 1.04 bits per heavy atom. The second kappa shape index (κ2) is 21.5. The zero-order valence-corrected chi connectivity index (χ0v) is 41.2. The number of carbonyl (C=O) groups is 5. The van der Waals surface area contributed by atoms with Gasteiger partial charge in [0.05, 0.1) is 31.4 Å². The lowest BCUT2D eigenvalue weighted by molar-refractivity contribution is -0.155. The van der Waals surface area contributed by atoms with Crippen LogP contribution in [-0.2, 0) is 59.4 Å². The number of nitrogens with one attached hydrogen (secondary N) is 2. The van der Waals surface area contributed by atoms with E-state index in [9.17, 15) is 24.0 Å². The lowest BCUT2D eigenvalue weighted by Gasteiger charge is -2.37. The summed E-state index contributed by atoms with van der Waals surface area (Å²) in [7, 11) is 7.05. The molecule has 2 aromatic carbocycles. The van der Waals surface area contributed by atoms with Gasteiger partial charge in [0.1, 0.15) is 18.1 Å². The Morgan fingerprint density at radius 3 is 2.56 bits per heavy atom. The first-order chi connectivity index (χ1) is 32.5. The number of hydrazine groups is 1. The van der Waals surface area contributed by atoms with Gasteiger partial charge in [-0.05, 0) is 105 Å². The topological polar surface area (TPSA) is 159 Å². The van der Waals surface area contributed by atoms with Crippen LogP contribution in [0.5, 0.6) is 0 Å². The van der Waals surface area contributed by atoms with Gasteiger partial charge in [0.25, 0.3) is 11.8 Å². The zero-order chi connectivity index (χ0) is 48.9. The van der Waals surface area contributed by atoms with Crippen molar-refractivity contribution in [2.75, 3.05) is 61.0 Å². The maximum atomic E-state index is 14.7. The largest absolute Gasteiger partial charge is 0.464 e. The van der Waals surface area contributed by atoms with E-state index in [0.717, 1.165) is 50.0 Å². The molecule has 68 heavy (non-hydrogen) atoms. The number of aromatic nitrogens is 2.